The fourth-order valence-corrected chi connectivity index (χ4v) is 5.64. The van der Waals surface area contributed by atoms with E-state index in [2.05, 4.69) is 31.4 Å². The molecule has 0 aromatic heterocycles. The Bertz CT molecular complexity index is 1140. The lowest BCUT2D eigenvalue weighted by atomic mass is 9.87. The summed E-state index contributed by atoms with van der Waals surface area (Å²) in [4.78, 5) is 24.8. The topological polar surface area (TPSA) is 95.6 Å². The van der Waals surface area contributed by atoms with E-state index in [9.17, 15) is 18.0 Å². The van der Waals surface area contributed by atoms with E-state index in [0.29, 0.717) is 43.7 Å². The molecule has 2 aliphatic rings. The van der Waals surface area contributed by atoms with Crippen molar-refractivity contribution in [1.82, 2.24) is 9.62 Å². The molecule has 0 bridgehead atoms. The molecule has 0 spiro atoms. The van der Waals surface area contributed by atoms with Gasteiger partial charge in [-0.2, -0.15) is 4.31 Å². The summed E-state index contributed by atoms with van der Waals surface area (Å²) in [6.45, 7) is 7.37. The third-order valence-corrected chi connectivity index (χ3v) is 8.16. The fourth-order valence-electron chi connectivity index (χ4n) is 4.17. The second-order valence-corrected chi connectivity index (χ2v) is 11.4. The van der Waals surface area contributed by atoms with E-state index in [0.717, 1.165) is 11.1 Å². The first-order valence-electron chi connectivity index (χ1n) is 10.9. The number of rotatable bonds is 4. The lowest BCUT2D eigenvalue weighted by Gasteiger charge is -2.30. The Balaban J connectivity index is 1.38. The number of hydrogen-bond donors (Lipinski definition) is 2. The molecular weight excluding hydrogens is 426 g/mol. The number of fused-ring (bicyclic) bond motifs is 1. The van der Waals surface area contributed by atoms with Gasteiger partial charge in [-0.1, -0.05) is 39.0 Å². The van der Waals surface area contributed by atoms with Crippen molar-refractivity contribution in [3.05, 3.63) is 59.2 Å². The number of nitrogens with zero attached hydrogens (tertiary/aromatic N) is 1. The second-order valence-electron chi connectivity index (χ2n) is 9.50. The van der Waals surface area contributed by atoms with Gasteiger partial charge in [-0.15, -0.1) is 0 Å². The Morgan fingerprint density at radius 1 is 1.06 bits per heavy atom. The number of sulfonamides is 1. The molecule has 8 heteroatoms. The molecule has 170 valence electrons. The minimum atomic E-state index is -3.59. The third kappa shape index (κ3) is 4.42. The number of anilines is 1. The van der Waals surface area contributed by atoms with Crippen molar-refractivity contribution < 1.29 is 18.0 Å². The van der Waals surface area contributed by atoms with Crippen LogP contribution >= 0.6 is 0 Å². The number of piperidine rings is 1. The van der Waals surface area contributed by atoms with Crippen molar-refractivity contribution in [2.24, 2.45) is 5.92 Å². The highest BCUT2D eigenvalue weighted by molar-refractivity contribution is 7.89. The average molecular weight is 456 g/mol. The van der Waals surface area contributed by atoms with Crippen LogP contribution in [-0.2, 0) is 26.8 Å². The van der Waals surface area contributed by atoms with E-state index in [-0.39, 0.29) is 28.0 Å². The molecule has 32 heavy (non-hydrogen) atoms. The van der Waals surface area contributed by atoms with Crippen LogP contribution in [0.25, 0.3) is 0 Å². The summed E-state index contributed by atoms with van der Waals surface area (Å²) < 4.78 is 27.5. The van der Waals surface area contributed by atoms with Crippen LogP contribution in [0.5, 0.6) is 0 Å². The predicted octanol–water partition coefficient (Wildman–Crippen LogP) is 3.27. The highest BCUT2D eigenvalue weighted by atomic mass is 32.2. The van der Waals surface area contributed by atoms with E-state index >= 15 is 0 Å². The third-order valence-electron chi connectivity index (χ3n) is 6.24. The van der Waals surface area contributed by atoms with E-state index in [4.69, 9.17) is 0 Å². The minimum absolute atomic E-state index is 0.0450. The molecule has 2 aromatic carbocycles. The quantitative estimate of drug-likeness (QED) is 0.740. The van der Waals surface area contributed by atoms with Crippen molar-refractivity contribution in [3.63, 3.8) is 0 Å². The molecule has 2 N–H and O–H groups in total. The van der Waals surface area contributed by atoms with Crippen molar-refractivity contribution in [3.8, 4) is 0 Å². The summed E-state index contributed by atoms with van der Waals surface area (Å²) in [6, 6.07) is 12.4. The number of amides is 2. The van der Waals surface area contributed by atoms with Crippen LogP contribution in [-0.4, -0.2) is 37.6 Å². The van der Waals surface area contributed by atoms with Gasteiger partial charge < -0.3 is 10.6 Å². The first-order valence-corrected chi connectivity index (χ1v) is 12.3. The molecule has 2 heterocycles. The SMILES string of the molecule is CC(C)(C)c1ccc(S(=O)(=O)N2CCC(C(=O)Nc3ccc4c(c3)C(=O)NC4)CC2)cc1. The molecule has 1 saturated heterocycles. The van der Waals surface area contributed by atoms with Crippen molar-refractivity contribution in [2.45, 2.75) is 50.5 Å². The number of carbonyl (C=O) groups excluding carboxylic acids is 2. The van der Waals surface area contributed by atoms with Crippen LogP contribution in [0.1, 0.15) is 55.1 Å². The Labute approximate surface area is 189 Å². The summed E-state index contributed by atoms with van der Waals surface area (Å²) in [6.07, 6.45) is 0.910. The molecule has 1 fully saturated rings. The summed E-state index contributed by atoms with van der Waals surface area (Å²) in [5.74, 6) is -0.549. The maximum absolute atomic E-state index is 13.0. The van der Waals surface area contributed by atoms with Gasteiger partial charge in [-0.3, -0.25) is 9.59 Å². The monoisotopic (exact) mass is 455 g/mol. The van der Waals surface area contributed by atoms with Crippen LogP contribution in [0.3, 0.4) is 0 Å². The van der Waals surface area contributed by atoms with Crippen LogP contribution in [0.2, 0.25) is 0 Å². The zero-order valence-corrected chi connectivity index (χ0v) is 19.5. The number of benzene rings is 2. The van der Waals surface area contributed by atoms with E-state index in [1.165, 1.54) is 4.31 Å². The predicted molar refractivity (Wildman–Crippen MR) is 123 cm³/mol. The van der Waals surface area contributed by atoms with Crippen LogP contribution in [0.15, 0.2) is 47.4 Å². The summed E-state index contributed by atoms with van der Waals surface area (Å²) in [5, 5.41) is 5.64. The molecule has 0 saturated carbocycles. The van der Waals surface area contributed by atoms with Gasteiger partial charge in [0, 0.05) is 36.8 Å². The Morgan fingerprint density at radius 2 is 1.72 bits per heavy atom. The standard InChI is InChI=1S/C24H29N3O4S/c1-24(2,3)18-5-8-20(9-6-18)32(30,31)27-12-10-16(11-13-27)22(28)26-19-7-4-17-15-25-23(29)21(17)14-19/h4-9,14,16H,10-13,15H2,1-3H3,(H,25,29)(H,26,28). The molecule has 4 rings (SSSR count). The van der Waals surface area contributed by atoms with Gasteiger partial charge in [-0.25, -0.2) is 8.42 Å². The minimum Gasteiger partial charge on any atom is -0.348 e. The molecule has 2 aromatic rings. The number of nitrogens with one attached hydrogen (secondary N) is 2. The maximum atomic E-state index is 13.0. The van der Waals surface area contributed by atoms with Gasteiger partial charge in [0.05, 0.1) is 4.90 Å². The van der Waals surface area contributed by atoms with Gasteiger partial charge in [-0.05, 0) is 53.6 Å². The van der Waals surface area contributed by atoms with Crippen LogP contribution < -0.4 is 10.6 Å². The van der Waals surface area contributed by atoms with Gasteiger partial charge >= 0.3 is 0 Å². The molecule has 7 nitrogen and oxygen atoms in total. The average Bonchev–Trinajstić information content (AvgIpc) is 3.13. The lowest BCUT2D eigenvalue weighted by molar-refractivity contribution is -0.120. The van der Waals surface area contributed by atoms with Crippen LogP contribution in [0, 0.1) is 5.92 Å². The van der Waals surface area contributed by atoms with Gasteiger partial charge in [0.2, 0.25) is 15.9 Å². The fraction of sp³-hybridized carbons (Fsp3) is 0.417. The van der Waals surface area contributed by atoms with E-state index < -0.39 is 10.0 Å². The van der Waals surface area contributed by atoms with E-state index in [1.807, 2.05) is 18.2 Å². The highest BCUT2D eigenvalue weighted by Crippen LogP contribution is 2.28. The van der Waals surface area contributed by atoms with E-state index in [1.54, 1.807) is 24.3 Å². The van der Waals surface area contributed by atoms with Crippen molar-refractivity contribution in [1.29, 1.82) is 0 Å². The number of hydrogen-bond acceptors (Lipinski definition) is 4. The smallest absolute Gasteiger partial charge is 0.251 e. The molecule has 2 aliphatic heterocycles. The first kappa shape index (κ1) is 22.5. The van der Waals surface area contributed by atoms with Crippen LogP contribution in [0.4, 0.5) is 5.69 Å². The highest BCUT2D eigenvalue weighted by Gasteiger charge is 2.32. The molecular formula is C24H29N3O4S. The Hall–Kier alpha value is -2.71. The lowest BCUT2D eigenvalue weighted by Crippen LogP contribution is -2.41. The summed E-state index contributed by atoms with van der Waals surface area (Å²) >= 11 is 0. The number of carbonyl (C=O) groups is 2. The molecule has 2 amide bonds. The second kappa shape index (κ2) is 8.33. The summed E-state index contributed by atoms with van der Waals surface area (Å²) in [7, 11) is -3.59. The van der Waals surface area contributed by atoms with Crippen molar-refractivity contribution >= 4 is 27.5 Å². The zero-order valence-electron chi connectivity index (χ0n) is 18.6. The maximum Gasteiger partial charge on any atom is 0.251 e. The van der Waals surface area contributed by atoms with Gasteiger partial charge in [0.1, 0.15) is 0 Å². The Morgan fingerprint density at radius 3 is 2.34 bits per heavy atom. The first-order chi connectivity index (χ1) is 15.1. The molecule has 0 radical (unpaired) electrons. The van der Waals surface area contributed by atoms with Gasteiger partial charge in [0.15, 0.2) is 0 Å². The summed E-state index contributed by atoms with van der Waals surface area (Å²) in [5.41, 5.74) is 3.12. The molecule has 0 aliphatic carbocycles. The Kier molecular flexibility index (Phi) is 5.85. The normalized spacial score (nSPS) is 17.7. The van der Waals surface area contributed by atoms with Gasteiger partial charge in [0.25, 0.3) is 5.91 Å². The molecule has 0 atom stereocenters. The zero-order chi connectivity index (χ0) is 23.1. The largest absolute Gasteiger partial charge is 0.348 e. The van der Waals surface area contributed by atoms with Crippen molar-refractivity contribution in [2.75, 3.05) is 18.4 Å². The molecule has 0 unspecified atom stereocenters.